The lowest BCUT2D eigenvalue weighted by atomic mass is 9.88. The predicted octanol–water partition coefficient (Wildman–Crippen LogP) is 1.35. The van der Waals surface area contributed by atoms with Crippen LogP contribution in [0.1, 0.15) is 19.4 Å². The Balaban J connectivity index is 1.96. The highest BCUT2D eigenvalue weighted by atomic mass is 16.6. The lowest BCUT2D eigenvalue weighted by molar-refractivity contribution is -0.216. The van der Waals surface area contributed by atoms with E-state index >= 15 is 0 Å². The number of rotatable bonds is 4. The number of ether oxygens (including phenoxy) is 2. The number of aliphatic hydroxyl groups is 2. The van der Waals surface area contributed by atoms with Crippen LogP contribution in [-0.4, -0.2) is 41.2 Å². The zero-order chi connectivity index (χ0) is 13.8. The highest BCUT2D eigenvalue weighted by Crippen LogP contribution is 2.28. The largest absolute Gasteiger partial charge is 0.394 e. The predicted molar refractivity (Wildman–Crippen MR) is 71.6 cm³/mol. The number of hydrogen-bond acceptors (Lipinski definition) is 4. The molecule has 1 heterocycles. The van der Waals surface area contributed by atoms with Gasteiger partial charge in [-0.05, 0) is 12.5 Å². The molecule has 0 aliphatic carbocycles. The average Bonchev–Trinajstić information content (AvgIpc) is 2.44. The highest BCUT2D eigenvalue weighted by Gasteiger charge is 2.41. The van der Waals surface area contributed by atoms with Crippen molar-refractivity contribution in [2.75, 3.05) is 6.61 Å². The number of aliphatic hydroxyl groups excluding tert-OH is 2. The molecule has 1 aromatic carbocycles. The van der Waals surface area contributed by atoms with Crippen molar-refractivity contribution in [2.24, 2.45) is 5.92 Å². The van der Waals surface area contributed by atoms with E-state index < -0.39 is 12.2 Å². The summed E-state index contributed by atoms with van der Waals surface area (Å²) in [6.45, 7) is 4.18. The van der Waals surface area contributed by atoms with Crippen LogP contribution in [0.15, 0.2) is 30.3 Å². The Hall–Kier alpha value is -0.940. The van der Waals surface area contributed by atoms with E-state index in [0.717, 1.165) is 5.56 Å². The van der Waals surface area contributed by atoms with Gasteiger partial charge >= 0.3 is 0 Å². The van der Waals surface area contributed by atoms with Crippen LogP contribution in [0.25, 0.3) is 0 Å². The maximum Gasteiger partial charge on any atom is 0.107 e. The molecule has 1 aliphatic heterocycles. The average molecular weight is 266 g/mol. The first-order chi connectivity index (χ1) is 9.13. The molecule has 0 amide bonds. The lowest BCUT2D eigenvalue weighted by Gasteiger charge is -2.42. The summed E-state index contributed by atoms with van der Waals surface area (Å²) in [5, 5.41) is 19.2. The van der Waals surface area contributed by atoms with E-state index in [2.05, 4.69) is 0 Å². The van der Waals surface area contributed by atoms with Gasteiger partial charge in [0.25, 0.3) is 0 Å². The summed E-state index contributed by atoms with van der Waals surface area (Å²) < 4.78 is 11.5. The van der Waals surface area contributed by atoms with E-state index in [1.54, 1.807) is 0 Å². The molecule has 106 valence electrons. The minimum absolute atomic E-state index is 0.0652. The van der Waals surface area contributed by atoms with Crippen molar-refractivity contribution in [3.8, 4) is 0 Å². The van der Waals surface area contributed by atoms with Crippen LogP contribution < -0.4 is 0 Å². The van der Waals surface area contributed by atoms with E-state index in [1.807, 2.05) is 44.2 Å². The zero-order valence-electron chi connectivity index (χ0n) is 11.4. The summed E-state index contributed by atoms with van der Waals surface area (Å²) in [5.41, 5.74) is 1.10. The Morgan fingerprint density at radius 3 is 2.53 bits per heavy atom. The minimum Gasteiger partial charge on any atom is -0.394 e. The van der Waals surface area contributed by atoms with Crippen LogP contribution in [0, 0.1) is 5.92 Å². The van der Waals surface area contributed by atoms with Gasteiger partial charge in [0.1, 0.15) is 6.10 Å². The normalized spacial score (nSPS) is 35.3. The monoisotopic (exact) mass is 266 g/mol. The minimum atomic E-state index is -0.693. The van der Waals surface area contributed by atoms with E-state index in [1.165, 1.54) is 0 Å². The van der Waals surface area contributed by atoms with Gasteiger partial charge in [-0.2, -0.15) is 0 Å². The third-order valence-corrected chi connectivity index (χ3v) is 3.76. The Morgan fingerprint density at radius 2 is 1.89 bits per heavy atom. The third-order valence-electron chi connectivity index (χ3n) is 3.76. The molecular formula is C15H22O4. The fraction of sp³-hybridized carbons (Fsp3) is 0.600. The van der Waals surface area contributed by atoms with Crippen LogP contribution in [0.2, 0.25) is 0 Å². The second-order valence-electron chi connectivity index (χ2n) is 5.17. The molecule has 1 fully saturated rings. The SMILES string of the molecule is C[C@@H]1OC(CO)[C@H](O)[C@H](C)C1OCc1ccccc1. The topological polar surface area (TPSA) is 58.9 Å². The summed E-state index contributed by atoms with van der Waals surface area (Å²) in [6.07, 6.45) is -1.51. The quantitative estimate of drug-likeness (QED) is 0.863. The number of hydrogen-bond donors (Lipinski definition) is 2. The molecule has 0 aromatic heterocycles. The first-order valence-corrected chi connectivity index (χ1v) is 6.73. The molecule has 4 nitrogen and oxygen atoms in total. The van der Waals surface area contributed by atoms with E-state index in [4.69, 9.17) is 14.6 Å². The van der Waals surface area contributed by atoms with Gasteiger partial charge < -0.3 is 19.7 Å². The summed E-state index contributed by atoms with van der Waals surface area (Å²) in [7, 11) is 0. The standard InChI is InChI=1S/C15H22O4/c1-10-14(17)13(8-16)19-11(2)15(10)18-9-12-6-4-3-5-7-12/h3-7,10-11,13-17H,8-9H2,1-2H3/t10-,11-,13?,14+,15?/m0/s1. The fourth-order valence-corrected chi connectivity index (χ4v) is 2.60. The van der Waals surface area contributed by atoms with Crippen molar-refractivity contribution >= 4 is 0 Å². The molecule has 0 spiro atoms. The van der Waals surface area contributed by atoms with Crippen molar-refractivity contribution in [1.82, 2.24) is 0 Å². The van der Waals surface area contributed by atoms with Crippen molar-refractivity contribution in [1.29, 1.82) is 0 Å². The molecule has 0 radical (unpaired) electrons. The Morgan fingerprint density at radius 1 is 1.21 bits per heavy atom. The molecule has 0 saturated carbocycles. The molecule has 2 N–H and O–H groups in total. The molecular weight excluding hydrogens is 244 g/mol. The van der Waals surface area contributed by atoms with Gasteiger partial charge in [-0.1, -0.05) is 37.3 Å². The van der Waals surface area contributed by atoms with E-state index in [9.17, 15) is 5.11 Å². The molecule has 2 unspecified atom stereocenters. The van der Waals surface area contributed by atoms with Crippen LogP contribution in [0.4, 0.5) is 0 Å². The molecule has 1 saturated heterocycles. The maximum atomic E-state index is 10.1. The second-order valence-corrected chi connectivity index (χ2v) is 5.17. The second kappa shape index (κ2) is 6.48. The van der Waals surface area contributed by atoms with Gasteiger partial charge in [0, 0.05) is 5.92 Å². The van der Waals surface area contributed by atoms with Crippen LogP contribution >= 0.6 is 0 Å². The van der Waals surface area contributed by atoms with Gasteiger partial charge in [0.05, 0.1) is 31.5 Å². The van der Waals surface area contributed by atoms with Gasteiger partial charge in [-0.15, -0.1) is 0 Å². The zero-order valence-corrected chi connectivity index (χ0v) is 11.4. The highest BCUT2D eigenvalue weighted by molar-refractivity contribution is 5.13. The maximum absolute atomic E-state index is 10.1. The molecule has 1 aromatic rings. The summed E-state index contributed by atoms with van der Waals surface area (Å²) in [5.74, 6) is -0.0652. The van der Waals surface area contributed by atoms with Gasteiger partial charge in [0.2, 0.25) is 0 Å². The van der Waals surface area contributed by atoms with Crippen molar-refractivity contribution in [3.05, 3.63) is 35.9 Å². The molecule has 5 atom stereocenters. The van der Waals surface area contributed by atoms with Crippen molar-refractivity contribution in [3.63, 3.8) is 0 Å². The molecule has 4 heteroatoms. The first-order valence-electron chi connectivity index (χ1n) is 6.73. The smallest absolute Gasteiger partial charge is 0.107 e. The van der Waals surface area contributed by atoms with E-state index in [0.29, 0.717) is 6.61 Å². The van der Waals surface area contributed by atoms with Crippen molar-refractivity contribution < 1.29 is 19.7 Å². The van der Waals surface area contributed by atoms with Crippen LogP contribution in [0.3, 0.4) is 0 Å². The van der Waals surface area contributed by atoms with Crippen LogP contribution in [0.5, 0.6) is 0 Å². The Bertz CT molecular complexity index is 381. The number of benzene rings is 1. The van der Waals surface area contributed by atoms with Crippen molar-refractivity contribution in [2.45, 2.75) is 44.9 Å². The summed E-state index contributed by atoms with van der Waals surface area (Å²) in [4.78, 5) is 0. The molecule has 1 aliphatic rings. The molecule has 0 bridgehead atoms. The lowest BCUT2D eigenvalue weighted by Crippen LogP contribution is -2.54. The van der Waals surface area contributed by atoms with Gasteiger partial charge in [-0.3, -0.25) is 0 Å². The van der Waals surface area contributed by atoms with E-state index in [-0.39, 0.29) is 24.7 Å². The van der Waals surface area contributed by atoms with Gasteiger partial charge in [0.15, 0.2) is 0 Å². The third kappa shape index (κ3) is 3.34. The van der Waals surface area contributed by atoms with Gasteiger partial charge in [-0.25, -0.2) is 0 Å². The Labute approximate surface area is 114 Å². The fourth-order valence-electron chi connectivity index (χ4n) is 2.60. The Kier molecular flexibility index (Phi) is 4.93. The summed E-state index contributed by atoms with van der Waals surface area (Å²) in [6, 6.07) is 9.92. The first kappa shape index (κ1) is 14.5. The van der Waals surface area contributed by atoms with Crippen LogP contribution in [-0.2, 0) is 16.1 Å². The molecule has 19 heavy (non-hydrogen) atoms. The molecule has 2 rings (SSSR count). The summed E-state index contributed by atoms with van der Waals surface area (Å²) >= 11 is 0.